The van der Waals surface area contributed by atoms with Crippen molar-refractivity contribution in [1.29, 1.82) is 0 Å². The zero-order valence-electron chi connectivity index (χ0n) is 10.2. The molecule has 0 aromatic heterocycles. The van der Waals surface area contributed by atoms with Crippen LogP contribution in [0.15, 0.2) is 24.3 Å². The van der Waals surface area contributed by atoms with Gasteiger partial charge in [0.2, 0.25) is 0 Å². The van der Waals surface area contributed by atoms with E-state index in [0.717, 1.165) is 0 Å². The maximum absolute atomic E-state index is 12.3. The van der Waals surface area contributed by atoms with Crippen molar-refractivity contribution in [3.63, 3.8) is 0 Å². The van der Waals surface area contributed by atoms with Crippen molar-refractivity contribution in [3.8, 4) is 0 Å². The van der Waals surface area contributed by atoms with Crippen LogP contribution in [0.4, 0.5) is 5.69 Å². The SMILES string of the molecule is CC1C(C(=O)O)CCN1C(=O)c1ccccc1N. The summed E-state index contributed by atoms with van der Waals surface area (Å²) in [5, 5.41) is 9.05. The summed E-state index contributed by atoms with van der Waals surface area (Å²) in [7, 11) is 0. The van der Waals surface area contributed by atoms with Gasteiger partial charge in [-0.25, -0.2) is 0 Å². The molecular formula is C13H16N2O3. The highest BCUT2D eigenvalue weighted by molar-refractivity contribution is 5.99. The third-order valence-electron chi connectivity index (χ3n) is 3.52. The van der Waals surface area contributed by atoms with Gasteiger partial charge in [-0.05, 0) is 25.5 Å². The fourth-order valence-corrected chi connectivity index (χ4v) is 2.40. The van der Waals surface area contributed by atoms with Gasteiger partial charge >= 0.3 is 5.97 Å². The second-order valence-electron chi connectivity index (χ2n) is 4.56. The molecule has 5 heteroatoms. The molecule has 2 rings (SSSR count). The summed E-state index contributed by atoms with van der Waals surface area (Å²) in [5.74, 6) is -1.53. The van der Waals surface area contributed by atoms with Gasteiger partial charge in [0.25, 0.3) is 5.91 Å². The lowest BCUT2D eigenvalue weighted by Crippen LogP contribution is -2.37. The number of benzene rings is 1. The van der Waals surface area contributed by atoms with Gasteiger partial charge < -0.3 is 15.7 Å². The smallest absolute Gasteiger partial charge is 0.308 e. The molecule has 5 nitrogen and oxygen atoms in total. The summed E-state index contributed by atoms with van der Waals surface area (Å²) in [4.78, 5) is 24.9. The molecule has 1 aliphatic rings. The Labute approximate surface area is 105 Å². The van der Waals surface area contributed by atoms with E-state index in [2.05, 4.69) is 0 Å². The molecule has 0 spiro atoms. The van der Waals surface area contributed by atoms with Crippen LogP contribution in [0.25, 0.3) is 0 Å². The van der Waals surface area contributed by atoms with Gasteiger partial charge in [0.15, 0.2) is 0 Å². The van der Waals surface area contributed by atoms with E-state index >= 15 is 0 Å². The van der Waals surface area contributed by atoms with E-state index in [1.165, 1.54) is 0 Å². The molecular weight excluding hydrogens is 232 g/mol. The lowest BCUT2D eigenvalue weighted by atomic mass is 10.0. The second kappa shape index (κ2) is 4.68. The number of para-hydroxylation sites is 1. The first-order valence-corrected chi connectivity index (χ1v) is 5.90. The Morgan fingerprint density at radius 1 is 1.39 bits per heavy atom. The molecule has 1 saturated heterocycles. The number of carbonyl (C=O) groups is 2. The molecule has 1 amide bonds. The highest BCUT2D eigenvalue weighted by Crippen LogP contribution is 2.27. The van der Waals surface area contributed by atoms with Crippen LogP contribution in [-0.4, -0.2) is 34.5 Å². The highest BCUT2D eigenvalue weighted by atomic mass is 16.4. The number of hydrogen-bond donors (Lipinski definition) is 2. The first kappa shape index (κ1) is 12.4. The minimum Gasteiger partial charge on any atom is -0.481 e. The van der Waals surface area contributed by atoms with Crippen molar-refractivity contribution in [2.24, 2.45) is 5.92 Å². The monoisotopic (exact) mass is 248 g/mol. The van der Waals surface area contributed by atoms with Gasteiger partial charge in [-0.2, -0.15) is 0 Å². The van der Waals surface area contributed by atoms with Crippen LogP contribution in [0, 0.1) is 5.92 Å². The highest BCUT2D eigenvalue weighted by Gasteiger charge is 2.38. The molecule has 0 bridgehead atoms. The van der Waals surface area contributed by atoms with Crippen molar-refractivity contribution in [3.05, 3.63) is 29.8 Å². The third kappa shape index (κ3) is 2.03. The average molecular weight is 248 g/mol. The number of carboxylic acids is 1. The van der Waals surface area contributed by atoms with Gasteiger partial charge in [-0.15, -0.1) is 0 Å². The lowest BCUT2D eigenvalue weighted by molar-refractivity contribution is -0.142. The fraction of sp³-hybridized carbons (Fsp3) is 0.385. The number of rotatable bonds is 2. The topological polar surface area (TPSA) is 83.6 Å². The number of nitrogen functional groups attached to an aromatic ring is 1. The Morgan fingerprint density at radius 3 is 2.61 bits per heavy atom. The van der Waals surface area contributed by atoms with Crippen LogP contribution < -0.4 is 5.73 Å². The number of nitrogens with two attached hydrogens (primary N) is 1. The molecule has 1 heterocycles. The van der Waals surface area contributed by atoms with Crippen LogP contribution in [0.3, 0.4) is 0 Å². The molecule has 1 aromatic rings. The standard InChI is InChI=1S/C13H16N2O3/c1-8-9(13(17)18)6-7-15(8)12(16)10-4-2-3-5-11(10)14/h2-5,8-9H,6-7,14H2,1H3,(H,17,18). The van der Waals surface area contributed by atoms with Gasteiger partial charge in [-0.1, -0.05) is 12.1 Å². The zero-order chi connectivity index (χ0) is 13.3. The summed E-state index contributed by atoms with van der Waals surface area (Å²) in [6.07, 6.45) is 0.495. The molecule has 2 unspecified atom stereocenters. The number of nitrogens with zero attached hydrogens (tertiary/aromatic N) is 1. The van der Waals surface area contributed by atoms with Gasteiger partial charge in [0, 0.05) is 18.3 Å². The Balaban J connectivity index is 2.21. The molecule has 96 valence electrons. The van der Waals surface area contributed by atoms with Crippen LogP contribution in [0.1, 0.15) is 23.7 Å². The first-order chi connectivity index (χ1) is 8.52. The minimum absolute atomic E-state index is 0.190. The molecule has 0 saturated carbocycles. The predicted molar refractivity (Wildman–Crippen MR) is 67.1 cm³/mol. The van der Waals surface area contributed by atoms with Crippen molar-refractivity contribution in [2.75, 3.05) is 12.3 Å². The quantitative estimate of drug-likeness (QED) is 0.770. The Hall–Kier alpha value is -2.04. The van der Waals surface area contributed by atoms with E-state index in [1.807, 2.05) is 0 Å². The van der Waals surface area contributed by atoms with E-state index in [9.17, 15) is 9.59 Å². The molecule has 1 fully saturated rings. The number of amides is 1. The summed E-state index contributed by atoms with van der Waals surface area (Å²) < 4.78 is 0. The van der Waals surface area contributed by atoms with Crippen molar-refractivity contribution < 1.29 is 14.7 Å². The van der Waals surface area contributed by atoms with Crippen molar-refractivity contribution in [2.45, 2.75) is 19.4 Å². The van der Waals surface area contributed by atoms with E-state index < -0.39 is 11.9 Å². The largest absolute Gasteiger partial charge is 0.481 e. The number of hydrogen-bond acceptors (Lipinski definition) is 3. The second-order valence-corrected chi connectivity index (χ2v) is 4.56. The van der Waals surface area contributed by atoms with Gasteiger partial charge in [0.05, 0.1) is 11.5 Å². The Bertz CT molecular complexity index is 487. The van der Waals surface area contributed by atoms with E-state index in [4.69, 9.17) is 10.8 Å². The zero-order valence-corrected chi connectivity index (χ0v) is 10.2. The normalized spacial score (nSPS) is 23.1. The first-order valence-electron chi connectivity index (χ1n) is 5.90. The van der Waals surface area contributed by atoms with Crippen molar-refractivity contribution >= 4 is 17.6 Å². The number of carbonyl (C=O) groups excluding carboxylic acids is 1. The molecule has 3 N–H and O–H groups in total. The summed E-state index contributed by atoms with van der Waals surface area (Å²) in [5.41, 5.74) is 6.63. The molecule has 2 atom stereocenters. The molecule has 0 radical (unpaired) electrons. The summed E-state index contributed by atoms with van der Waals surface area (Å²) in [6.45, 7) is 2.23. The number of carboxylic acid groups (broad SMARTS) is 1. The maximum Gasteiger partial charge on any atom is 0.308 e. The predicted octanol–water partition coefficient (Wildman–Crippen LogP) is 1.20. The van der Waals surface area contributed by atoms with Crippen molar-refractivity contribution in [1.82, 2.24) is 4.90 Å². The van der Waals surface area contributed by atoms with Crippen LogP contribution in [-0.2, 0) is 4.79 Å². The van der Waals surface area contributed by atoms with Gasteiger partial charge in [0.1, 0.15) is 0 Å². The number of likely N-dealkylation sites (tertiary alicyclic amines) is 1. The van der Waals surface area contributed by atoms with E-state index in [1.54, 1.807) is 36.1 Å². The summed E-state index contributed by atoms with van der Waals surface area (Å²) >= 11 is 0. The lowest BCUT2D eigenvalue weighted by Gasteiger charge is -2.23. The Morgan fingerprint density at radius 2 is 2.06 bits per heavy atom. The van der Waals surface area contributed by atoms with Gasteiger partial charge in [-0.3, -0.25) is 9.59 Å². The minimum atomic E-state index is -0.848. The number of anilines is 1. The van der Waals surface area contributed by atoms with Crippen LogP contribution in [0.5, 0.6) is 0 Å². The molecule has 18 heavy (non-hydrogen) atoms. The van der Waals surface area contributed by atoms with E-state index in [-0.39, 0.29) is 11.9 Å². The maximum atomic E-state index is 12.3. The average Bonchev–Trinajstić information content (AvgIpc) is 2.71. The summed E-state index contributed by atoms with van der Waals surface area (Å²) in [6, 6.07) is 6.55. The third-order valence-corrected chi connectivity index (χ3v) is 3.52. The fourth-order valence-electron chi connectivity index (χ4n) is 2.40. The molecule has 1 aliphatic heterocycles. The Kier molecular flexibility index (Phi) is 3.23. The number of aliphatic carboxylic acids is 1. The molecule has 0 aliphatic carbocycles. The molecule has 1 aromatic carbocycles. The van der Waals surface area contributed by atoms with E-state index in [0.29, 0.717) is 24.2 Å². The van der Waals surface area contributed by atoms with Crippen LogP contribution >= 0.6 is 0 Å². The van der Waals surface area contributed by atoms with Crippen LogP contribution in [0.2, 0.25) is 0 Å².